The Kier molecular flexibility index (Phi) is 11.1. The lowest BCUT2D eigenvalue weighted by atomic mass is 9.95. The zero-order valence-electron chi connectivity index (χ0n) is 18.6. The molecule has 1 saturated heterocycles. The SMILES string of the molecule is CCS(=O)C1CCCC(NC(=NC)NCc2cccc(NC(=O)N3CCCC3)c2)C1.I. The summed E-state index contributed by atoms with van der Waals surface area (Å²) in [4.78, 5) is 18.5. The predicted octanol–water partition coefficient (Wildman–Crippen LogP) is 3.68. The van der Waals surface area contributed by atoms with Gasteiger partial charge < -0.3 is 20.9 Å². The molecule has 2 fully saturated rings. The van der Waals surface area contributed by atoms with Gasteiger partial charge in [0.25, 0.3) is 0 Å². The highest BCUT2D eigenvalue weighted by atomic mass is 127. The molecule has 1 aliphatic carbocycles. The maximum Gasteiger partial charge on any atom is 0.321 e. The average Bonchev–Trinajstić information content (AvgIpc) is 3.31. The molecular formula is C22H36IN5O2S. The fourth-order valence-electron chi connectivity index (χ4n) is 4.21. The first-order valence-electron chi connectivity index (χ1n) is 11.1. The second-order valence-corrected chi connectivity index (χ2v) is 10.1. The highest BCUT2D eigenvalue weighted by molar-refractivity contribution is 14.0. The Morgan fingerprint density at radius 3 is 2.71 bits per heavy atom. The van der Waals surface area contributed by atoms with Crippen LogP contribution in [0.3, 0.4) is 0 Å². The molecule has 1 aromatic rings. The van der Waals surface area contributed by atoms with E-state index in [-0.39, 0.29) is 35.3 Å². The molecule has 3 unspecified atom stereocenters. The molecule has 3 N–H and O–H groups in total. The minimum absolute atomic E-state index is 0. The van der Waals surface area contributed by atoms with Crippen molar-refractivity contribution in [2.45, 2.75) is 63.3 Å². The lowest BCUT2D eigenvalue weighted by Crippen LogP contribution is -2.46. The molecule has 1 aromatic carbocycles. The molecular weight excluding hydrogens is 525 g/mol. The summed E-state index contributed by atoms with van der Waals surface area (Å²) in [6.45, 7) is 4.28. The van der Waals surface area contributed by atoms with Crippen LogP contribution >= 0.6 is 24.0 Å². The predicted molar refractivity (Wildman–Crippen MR) is 140 cm³/mol. The Morgan fingerprint density at radius 1 is 1.23 bits per heavy atom. The zero-order valence-corrected chi connectivity index (χ0v) is 21.7. The second kappa shape index (κ2) is 13.2. The molecule has 174 valence electrons. The molecule has 0 spiro atoms. The van der Waals surface area contributed by atoms with Gasteiger partial charge in [-0.3, -0.25) is 9.20 Å². The van der Waals surface area contributed by atoms with E-state index in [0.717, 1.165) is 74.6 Å². The standard InChI is InChI=1S/C22H35N5O2S.HI/c1-3-30(29)20-11-7-10-19(15-20)25-21(23-2)24-16-17-8-6-9-18(14-17)26-22(28)27-12-4-5-13-27;/h6,8-9,14,19-20H,3-5,7,10-13,15-16H2,1-2H3,(H,26,28)(H2,23,24,25);1H. The number of rotatable bonds is 6. The van der Waals surface area contributed by atoms with Crippen molar-refractivity contribution in [3.05, 3.63) is 29.8 Å². The Hall–Kier alpha value is -1.36. The maximum absolute atomic E-state index is 12.3. The van der Waals surface area contributed by atoms with Gasteiger partial charge in [0, 0.05) is 60.2 Å². The Bertz CT molecular complexity index is 770. The van der Waals surface area contributed by atoms with Gasteiger partial charge in [-0.1, -0.05) is 25.5 Å². The Balaban J connectivity index is 0.00000341. The quantitative estimate of drug-likeness (QED) is 0.281. The van der Waals surface area contributed by atoms with E-state index in [1.165, 1.54) is 0 Å². The molecule has 1 aliphatic heterocycles. The van der Waals surface area contributed by atoms with E-state index in [1.54, 1.807) is 7.05 Å². The molecule has 0 aromatic heterocycles. The van der Waals surface area contributed by atoms with Gasteiger partial charge in [-0.25, -0.2) is 4.79 Å². The number of urea groups is 1. The van der Waals surface area contributed by atoms with Crippen molar-refractivity contribution < 1.29 is 9.00 Å². The number of nitrogens with zero attached hydrogens (tertiary/aromatic N) is 2. The van der Waals surface area contributed by atoms with Crippen LogP contribution in [0, 0.1) is 0 Å². The summed E-state index contributed by atoms with van der Waals surface area (Å²) >= 11 is 0. The van der Waals surface area contributed by atoms with Crippen LogP contribution in [0.1, 0.15) is 51.0 Å². The normalized spacial score (nSPS) is 22.4. The summed E-state index contributed by atoms with van der Waals surface area (Å²) in [5.74, 6) is 1.49. The third-order valence-corrected chi connectivity index (χ3v) is 7.62. The van der Waals surface area contributed by atoms with E-state index in [0.29, 0.717) is 12.6 Å². The average molecular weight is 562 g/mol. The van der Waals surface area contributed by atoms with Crippen molar-refractivity contribution >= 4 is 52.5 Å². The summed E-state index contributed by atoms with van der Waals surface area (Å²) in [6, 6.07) is 8.18. The molecule has 0 bridgehead atoms. The van der Waals surface area contributed by atoms with Gasteiger partial charge in [0.2, 0.25) is 0 Å². The molecule has 1 saturated carbocycles. The van der Waals surface area contributed by atoms with Crippen LogP contribution in [0.2, 0.25) is 0 Å². The fourth-order valence-corrected chi connectivity index (χ4v) is 5.55. The third kappa shape index (κ3) is 7.93. The minimum atomic E-state index is -0.731. The first-order chi connectivity index (χ1) is 14.6. The summed E-state index contributed by atoms with van der Waals surface area (Å²) in [5, 5.41) is 10.1. The van der Waals surface area contributed by atoms with Gasteiger partial charge in [0.05, 0.1) is 0 Å². The number of carbonyl (C=O) groups is 1. The van der Waals surface area contributed by atoms with Crippen LogP contribution in [-0.4, -0.2) is 58.3 Å². The molecule has 3 rings (SSSR count). The zero-order chi connectivity index (χ0) is 21.3. The third-order valence-electron chi connectivity index (χ3n) is 5.88. The minimum Gasteiger partial charge on any atom is -0.354 e. The van der Waals surface area contributed by atoms with Gasteiger partial charge in [0.1, 0.15) is 0 Å². The molecule has 3 atom stereocenters. The van der Waals surface area contributed by atoms with Crippen LogP contribution in [0.25, 0.3) is 0 Å². The highest BCUT2D eigenvalue weighted by Crippen LogP contribution is 2.23. The smallest absolute Gasteiger partial charge is 0.321 e. The molecule has 7 nitrogen and oxygen atoms in total. The van der Waals surface area contributed by atoms with Crippen LogP contribution in [0.5, 0.6) is 0 Å². The van der Waals surface area contributed by atoms with Crippen molar-refractivity contribution in [1.29, 1.82) is 0 Å². The number of halogens is 1. The van der Waals surface area contributed by atoms with Gasteiger partial charge in [-0.15, -0.1) is 24.0 Å². The number of aliphatic imine (C=N–C) groups is 1. The van der Waals surface area contributed by atoms with E-state index < -0.39 is 10.8 Å². The number of amides is 2. The van der Waals surface area contributed by atoms with Gasteiger partial charge >= 0.3 is 6.03 Å². The summed E-state index contributed by atoms with van der Waals surface area (Å²) < 4.78 is 12.2. The van der Waals surface area contributed by atoms with Crippen molar-refractivity contribution in [1.82, 2.24) is 15.5 Å². The van der Waals surface area contributed by atoms with Crippen LogP contribution in [0.15, 0.2) is 29.3 Å². The second-order valence-electron chi connectivity index (χ2n) is 8.05. The lowest BCUT2D eigenvalue weighted by Gasteiger charge is -2.30. The number of hydrogen-bond donors (Lipinski definition) is 3. The Morgan fingerprint density at radius 2 is 2.00 bits per heavy atom. The van der Waals surface area contributed by atoms with E-state index >= 15 is 0 Å². The Labute approximate surface area is 205 Å². The summed E-state index contributed by atoms with van der Waals surface area (Å²) in [7, 11) is 1.04. The topological polar surface area (TPSA) is 85.8 Å². The number of guanidine groups is 1. The van der Waals surface area contributed by atoms with Crippen molar-refractivity contribution in [2.24, 2.45) is 4.99 Å². The molecule has 31 heavy (non-hydrogen) atoms. The van der Waals surface area contributed by atoms with E-state index in [1.807, 2.05) is 36.1 Å². The molecule has 2 aliphatic rings. The van der Waals surface area contributed by atoms with Crippen molar-refractivity contribution in [3.63, 3.8) is 0 Å². The number of benzene rings is 1. The lowest BCUT2D eigenvalue weighted by molar-refractivity contribution is 0.222. The molecule has 1 heterocycles. The van der Waals surface area contributed by atoms with Gasteiger partial charge in [-0.2, -0.15) is 0 Å². The summed E-state index contributed by atoms with van der Waals surface area (Å²) in [6.07, 6.45) is 6.33. The fraction of sp³-hybridized carbons (Fsp3) is 0.636. The summed E-state index contributed by atoms with van der Waals surface area (Å²) in [5.41, 5.74) is 1.89. The van der Waals surface area contributed by atoms with Crippen LogP contribution in [-0.2, 0) is 17.3 Å². The van der Waals surface area contributed by atoms with Crippen LogP contribution in [0.4, 0.5) is 10.5 Å². The van der Waals surface area contributed by atoms with E-state index in [2.05, 4.69) is 20.9 Å². The number of carbonyl (C=O) groups excluding carboxylic acids is 1. The van der Waals surface area contributed by atoms with Gasteiger partial charge in [-0.05, 0) is 49.8 Å². The monoisotopic (exact) mass is 561 g/mol. The van der Waals surface area contributed by atoms with E-state index in [4.69, 9.17) is 0 Å². The number of nitrogens with one attached hydrogen (secondary N) is 3. The highest BCUT2D eigenvalue weighted by Gasteiger charge is 2.26. The molecule has 2 amide bonds. The molecule has 9 heteroatoms. The van der Waals surface area contributed by atoms with Gasteiger partial charge in [0.15, 0.2) is 5.96 Å². The first kappa shape index (κ1) is 25.9. The van der Waals surface area contributed by atoms with E-state index in [9.17, 15) is 9.00 Å². The van der Waals surface area contributed by atoms with Crippen molar-refractivity contribution in [2.75, 3.05) is 31.2 Å². The largest absolute Gasteiger partial charge is 0.354 e. The number of hydrogen-bond acceptors (Lipinski definition) is 3. The maximum atomic E-state index is 12.3. The number of anilines is 1. The first-order valence-corrected chi connectivity index (χ1v) is 12.5. The molecule has 0 radical (unpaired) electrons. The van der Waals surface area contributed by atoms with Crippen LogP contribution < -0.4 is 16.0 Å². The van der Waals surface area contributed by atoms with Crippen molar-refractivity contribution in [3.8, 4) is 0 Å². The number of likely N-dealkylation sites (tertiary alicyclic amines) is 1.